The fraction of sp³-hybridized carbons (Fsp3) is 0.368. The van der Waals surface area contributed by atoms with Crippen molar-refractivity contribution in [1.82, 2.24) is 4.90 Å². The third-order valence-corrected chi connectivity index (χ3v) is 6.71. The van der Waals surface area contributed by atoms with Gasteiger partial charge in [0.2, 0.25) is 0 Å². The average molecular weight is 296 g/mol. The van der Waals surface area contributed by atoms with Gasteiger partial charge >= 0.3 is 0 Å². The van der Waals surface area contributed by atoms with Crippen molar-refractivity contribution in [2.24, 2.45) is 0 Å². The van der Waals surface area contributed by atoms with Gasteiger partial charge in [-0.1, -0.05) is 73.4 Å². The lowest BCUT2D eigenvalue weighted by Gasteiger charge is -2.34. The Morgan fingerprint density at radius 1 is 0.905 bits per heavy atom. The Morgan fingerprint density at radius 3 is 2.14 bits per heavy atom. The van der Waals surface area contributed by atoms with Gasteiger partial charge in [-0.25, -0.2) is 0 Å². The van der Waals surface area contributed by atoms with Crippen LogP contribution in [0.3, 0.4) is 0 Å². The van der Waals surface area contributed by atoms with Crippen molar-refractivity contribution in [2.75, 3.05) is 7.05 Å². The van der Waals surface area contributed by atoms with Crippen LogP contribution < -0.4 is 5.19 Å². The number of rotatable bonds is 2. The molecule has 0 fully saturated rings. The van der Waals surface area contributed by atoms with Crippen LogP contribution in [0.5, 0.6) is 0 Å². The van der Waals surface area contributed by atoms with Gasteiger partial charge in [-0.05, 0) is 30.2 Å². The molecule has 1 atom stereocenters. The smallest absolute Gasteiger partial charge is 0.0775 e. The lowest BCUT2D eigenvalue weighted by molar-refractivity contribution is 0.218. The molecule has 0 spiro atoms. The highest BCUT2D eigenvalue weighted by atomic mass is 28.3. The summed E-state index contributed by atoms with van der Waals surface area (Å²) < 4.78 is 0. The van der Waals surface area contributed by atoms with Crippen LogP contribution in [0.2, 0.25) is 19.6 Å². The number of fused-ring (bicyclic) bond motifs is 1. The van der Waals surface area contributed by atoms with Crippen LogP contribution in [0, 0.1) is 0 Å². The van der Waals surface area contributed by atoms with Gasteiger partial charge in [0, 0.05) is 12.6 Å². The molecule has 0 saturated heterocycles. The van der Waals surface area contributed by atoms with E-state index in [1.165, 1.54) is 16.7 Å². The molecule has 21 heavy (non-hydrogen) atoms. The van der Waals surface area contributed by atoms with Crippen molar-refractivity contribution in [1.29, 1.82) is 0 Å². The zero-order chi connectivity index (χ0) is 15.0. The summed E-state index contributed by atoms with van der Waals surface area (Å²) in [7, 11) is 1.05. The maximum atomic E-state index is 2.48. The van der Waals surface area contributed by atoms with Gasteiger partial charge in [-0.2, -0.15) is 0 Å². The first-order valence-electron chi connectivity index (χ1n) is 7.82. The molecule has 0 aromatic heterocycles. The molecular weight excluding hydrogens is 270 g/mol. The van der Waals surface area contributed by atoms with Gasteiger partial charge in [0.1, 0.15) is 0 Å². The van der Waals surface area contributed by atoms with Gasteiger partial charge in [-0.15, -0.1) is 0 Å². The molecule has 2 heteroatoms. The largest absolute Gasteiger partial charge is 0.295 e. The molecule has 1 nitrogen and oxygen atoms in total. The SMILES string of the molecule is CN1Cc2ccccc2CC1c1ccc([Si](C)(C)C)cc1. The van der Waals surface area contributed by atoms with E-state index < -0.39 is 8.07 Å². The van der Waals surface area contributed by atoms with Crippen LogP contribution in [0.15, 0.2) is 48.5 Å². The second kappa shape index (κ2) is 5.43. The van der Waals surface area contributed by atoms with Crippen LogP contribution in [-0.2, 0) is 13.0 Å². The summed E-state index contributed by atoms with van der Waals surface area (Å²) in [5.41, 5.74) is 4.44. The van der Waals surface area contributed by atoms with Gasteiger partial charge in [0.25, 0.3) is 0 Å². The summed E-state index contributed by atoms with van der Waals surface area (Å²) in [4.78, 5) is 2.48. The van der Waals surface area contributed by atoms with Crippen LogP contribution >= 0.6 is 0 Å². The van der Waals surface area contributed by atoms with E-state index in [0.717, 1.165) is 13.0 Å². The first-order chi connectivity index (χ1) is 9.95. The van der Waals surface area contributed by atoms with Crippen molar-refractivity contribution in [3.63, 3.8) is 0 Å². The minimum absolute atomic E-state index is 0.510. The van der Waals surface area contributed by atoms with E-state index in [0.29, 0.717) is 6.04 Å². The molecule has 0 radical (unpaired) electrons. The van der Waals surface area contributed by atoms with Crippen LogP contribution in [0.1, 0.15) is 22.7 Å². The highest BCUT2D eigenvalue weighted by Crippen LogP contribution is 2.31. The quantitative estimate of drug-likeness (QED) is 0.758. The minimum Gasteiger partial charge on any atom is -0.295 e. The molecule has 0 aliphatic carbocycles. The van der Waals surface area contributed by atoms with E-state index in [1.807, 2.05) is 0 Å². The predicted molar refractivity (Wildman–Crippen MR) is 93.8 cm³/mol. The lowest BCUT2D eigenvalue weighted by atomic mass is 9.90. The van der Waals surface area contributed by atoms with Crippen molar-refractivity contribution in [3.8, 4) is 0 Å². The van der Waals surface area contributed by atoms with E-state index in [2.05, 4.69) is 80.1 Å². The third-order valence-electron chi connectivity index (χ3n) is 4.64. The molecule has 1 heterocycles. The standard InChI is InChI=1S/C19H25NSi/c1-20-14-17-8-6-5-7-16(17)13-19(20)15-9-11-18(12-10-15)21(2,3)4/h5-12,19H,13-14H2,1-4H3. The van der Waals surface area contributed by atoms with Gasteiger partial charge in [0.15, 0.2) is 0 Å². The van der Waals surface area contributed by atoms with Gasteiger partial charge < -0.3 is 0 Å². The Morgan fingerprint density at radius 2 is 1.52 bits per heavy atom. The lowest BCUT2D eigenvalue weighted by Crippen LogP contribution is -2.37. The number of benzene rings is 2. The summed E-state index contributed by atoms with van der Waals surface area (Å²) in [6.45, 7) is 8.28. The topological polar surface area (TPSA) is 3.24 Å². The number of hydrogen-bond acceptors (Lipinski definition) is 1. The molecule has 1 aliphatic rings. The van der Waals surface area contributed by atoms with E-state index in [9.17, 15) is 0 Å². The molecule has 0 bridgehead atoms. The molecule has 2 aromatic carbocycles. The summed E-state index contributed by atoms with van der Waals surface area (Å²) in [5, 5.41) is 1.55. The Bertz CT molecular complexity index is 625. The molecular formula is C19H25NSi. The second-order valence-electron chi connectivity index (χ2n) is 7.28. The molecule has 0 saturated carbocycles. The normalized spacial score (nSPS) is 19.3. The second-order valence-corrected chi connectivity index (χ2v) is 12.4. The van der Waals surface area contributed by atoms with Crippen molar-refractivity contribution >= 4 is 13.3 Å². The highest BCUT2D eigenvalue weighted by Gasteiger charge is 2.25. The monoisotopic (exact) mass is 295 g/mol. The highest BCUT2D eigenvalue weighted by molar-refractivity contribution is 6.88. The zero-order valence-electron chi connectivity index (χ0n) is 13.6. The van der Waals surface area contributed by atoms with Crippen molar-refractivity contribution < 1.29 is 0 Å². The molecule has 2 aromatic rings. The third kappa shape index (κ3) is 2.97. The van der Waals surface area contributed by atoms with Gasteiger partial charge in [-0.3, -0.25) is 4.90 Å². The Hall–Kier alpha value is -1.38. The number of likely N-dealkylation sites (N-methyl/N-ethyl adjacent to an activating group) is 1. The fourth-order valence-electron chi connectivity index (χ4n) is 3.23. The fourth-order valence-corrected chi connectivity index (χ4v) is 4.40. The Kier molecular flexibility index (Phi) is 3.76. The van der Waals surface area contributed by atoms with E-state index >= 15 is 0 Å². The molecule has 3 rings (SSSR count). The Balaban J connectivity index is 1.88. The predicted octanol–water partition coefficient (Wildman–Crippen LogP) is 3.96. The summed E-state index contributed by atoms with van der Waals surface area (Å²) >= 11 is 0. The maximum Gasteiger partial charge on any atom is 0.0775 e. The van der Waals surface area contributed by atoms with Crippen molar-refractivity contribution in [3.05, 3.63) is 65.2 Å². The molecule has 0 amide bonds. The molecule has 0 N–H and O–H groups in total. The Labute approximate surface area is 129 Å². The first-order valence-corrected chi connectivity index (χ1v) is 11.3. The van der Waals surface area contributed by atoms with Crippen LogP contribution in [0.4, 0.5) is 0 Å². The van der Waals surface area contributed by atoms with Crippen LogP contribution in [-0.4, -0.2) is 20.0 Å². The van der Waals surface area contributed by atoms with Gasteiger partial charge in [0.05, 0.1) is 8.07 Å². The molecule has 110 valence electrons. The first kappa shape index (κ1) is 14.5. The van der Waals surface area contributed by atoms with Crippen LogP contribution in [0.25, 0.3) is 0 Å². The summed E-state index contributed by atoms with van der Waals surface area (Å²) in [6, 6.07) is 18.8. The van der Waals surface area contributed by atoms with E-state index in [4.69, 9.17) is 0 Å². The molecule has 1 unspecified atom stereocenters. The zero-order valence-corrected chi connectivity index (χ0v) is 14.6. The summed E-state index contributed by atoms with van der Waals surface area (Å²) in [5.74, 6) is 0. The van der Waals surface area contributed by atoms with E-state index in [-0.39, 0.29) is 0 Å². The van der Waals surface area contributed by atoms with E-state index in [1.54, 1.807) is 5.19 Å². The molecule has 1 aliphatic heterocycles. The average Bonchev–Trinajstić information content (AvgIpc) is 2.46. The minimum atomic E-state index is -1.19. The summed E-state index contributed by atoms with van der Waals surface area (Å²) in [6.07, 6.45) is 1.12. The van der Waals surface area contributed by atoms with Crippen molar-refractivity contribution in [2.45, 2.75) is 38.6 Å². The maximum absolute atomic E-state index is 2.48. The number of nitrogens with zero attached hydrogens (tertiary/aromatic N) is 1. The number of hydrogen-bond donors (Lipinski definition) is 0.